The molecule has 0 aliphatic heterocycles. The van der Waals surface area contributed by atoms with E-state index in [-0.39, 0.29) is 25.1 Å². The minimum absolute atomic E-state index is 0.00235. The van der Waals surface area contributed by atoms with Gasteiger partial charge in [0, 0.05) is 25.4 Å². The SMILES string of the molecule is CC(CC(N)=NO)N(C)C(=O)C1CCCCC1C(F)(F)F. The number of hydrogen-bond donors (Lipinski definition) is 2. The lowest BCUT2D eigenvalue weighted by Crippen LogP contribution is -2.46. The van der Waals surface area contributed by atoms with E-state index in [0.717, 1.165) is 0 Å². The first-order chi connectivity index (χ1) is 9.68. The van der Waals surface area contributed by atoms with Crippen molar-refractivity contribution in [1.29, 1.82) is 0 Å². The number of alkyl halides is 3. The van der Waals surface area contributed by atoms with Crippen molar-refractivity contribution in [2.45, 2.75) is 51.2 Å². The third-order valence-corrected chi connectivity index (χ3v) is 4.15. The highest BCUT2D eigenvalue weighted by Crippen LogP contribution is 2.42. The van der Waals surface area contributed by atoms with Crippen molar-refractivity contribution >= 4 is 11.7 Å². The summed E-state index contributed by atoms with van der Waals surface area (Å²) in [4.78, 5) is 13.6. The normalized spacial score (nSPS) is 25.5. The molecule has 1 saturated carbocycles. The van der Waals surface area contributed by atoms with Crippen molar-refractivity contribution in [2.24, 2.45) is 22.7 Å². The van der Waals surface area contributed by atoms with E-state index in [0.29, 0.717) is 12.8 Å². The van der Waals surface area contributed by atoms with Gasteiger partial charge in [0.15, 0.2) is 0 Å². The van der Waals surface area contributed by atoms with Crippen LogP contribution in [0, 0.1) is 11.8 Å². The summed E-state index contributed by atoms with van der Waals surface area (Å²) in [7, 11) is 1.46. The van der Waals surface area contributed by atoms with Crippen molar-refractivity contribution in [3.63, 3.8) is 0 Å². The Bertz CT molecular complexity index is 399. The molecule has 3 unspecified atom stereocenters. The van der Waals surface area contributed by atoms with E-state index < -0.39 is 30.0 Å². The van der Waals surface area contributed by atoms with Crippen LogP contribution in [0.15, 0.2) is 5.16 Å². The van der Waals surface area contributed by atoms with Crippen LogP contribution in [-0.4, -0.2) is 41.1 Å². The molecule has 0 saturated heterocycles. The van der Waals surface area contributed by atoms with Gasteiger partial charge in [0.2, 0.25) is 5.91 Å². The van der Waals surface area contributed by atoms with Gasteiger partial charge in [-0.3, -0.25) is 4.79 Å². The maximum atomic E-state index is 13.0. The van der Waals surface area contributed by atoms with Crippen molar-refractivity contribution < 1.29 is 23.2 Å². The summed E-state index contributed by atoms with van der Waals surface area (Å²) in [5, 5.41) is 11.3. The van der Waals surface area contributed by atoms with Gasteiger partial charge in [-0.25, -0.2) is 0 Å². The second-order valence-corrected chi connectivity index (χ2v) is 5.63. The van der Waals surface area contributed by atoms with Gasteiger partial charge in [-0.05, 0) is 19.8 Å². The van der Waals surface area contributed by atoms with Crippen LogP contribution in [0.4, 0.5) is 13.2 Å². The lowest BCUT2D eigenvalue weighted by atomic mass is 9.78. The third-order valence-electron chi connectivity index (χ3n) is 4.15. The minimum Gasteiger partial charge on any atom is -0.409 e. The summed E-state index contributed by atoms with van der Waals surface area (Å²) >= 11 is 0. The molecule has 3 atom stereocenters. The molecule has 122 valence electrons. The van der Waals surface area contributed by atoms with Crippen molar-refractivity contribution in [1.82, 2.24) is 4.90 Å². The van der Waals surface area contributed by atoms with E-state index in [4.69, 9.17) is 10.9 Å². The van der Waals surface area contributed by atoms with Gasteiger partial charge in [0.1, 0.15) is 5.84 Å². The molecule has 0 bridgehead atoms. The van der Waals surface area contributed by atoms with Gasteiger partial charge in [0.05, 0.1) is 5.92 Å². The van der Waals surface area contributed by atoms with Gasteiger partial charge < -0.3 is 15.8 Å². The van der Waals surface area contributed by atoms with Crippen LogP contribution in [0.2, 0.25) is 0 Å². The smallest absolute Gasteiger partial charge is 0.392 e. The summed E-state index contributed by atoms with van der Waals surface area (Å²) in [6, 6.07) is -0.427. The number of halogens is 3. The molecule has 0 aromatic heterocycles. The summed E-state index contributed by atoms with van der Waals surface area (Å²) in [5.74, 6) is -3.18. The molecule has 1 rings (SSSR count). The van der Waals surface area contributed by atoms with Gasteiger partial charge in [-0.15, -0.1) is 0 Å². The average Bonchev–Trinajstić information content (AvgIpc) is 2.44. The second kappa shape index (κ2) is 7.00. The Morgan fingerprint density at radius 2 is 2.00 bits per heavy atom. The molecule has 1 amide bonds. The Morgan fingerprint density at radius 3 is 2.52 bits per heavy atom. The van der Waals surface area contributed by atoms with Crippen LogP contribution in [0.5, 0.6) is 0 Å². The average molecular weight is 309 g/mol. The first-order valence-corrected chi connectivity index (χ1v) is 6.98. The number of amides is 1. The summed E-state index contributed by atoms with van der Waals surface area (Å²) in [6.07, 6.45) is -2.85. The van der Waals surface area contributed by atoms with Crippen LogP contribution >= 0.6 is 0 Å². The summed E-state index contributed by atoms with van der Waals surface area (Å²) in [6.45, 7) is 1.65. The predicted octanol–water partition coefficient (Wildman–Crippen LogP) is 2.34. The zero-order valence-electron chi connectivity index (χ0n) is 12.2. The molecule has 0 heterocycles. The lowest BCUT2D eigenvalue weighted by molar-refractivity contribution is -0.201. The van der Waals surface area contributed by atoms with E-state index in [1.165, 1.54) is 11.9 Å². The molecule has 3 N–H and O–H groups in total. The largest absolute Gasteiger partial charge is 0.409 e. The van der Waals surface area contributed by atoms with Crippen LogP contribution < -0.4 is 5.73 Å². The van der Waals surface area contributed by atoms with Crippen LogP contribution in [-0.2, 0) is 4.79 Å². The molecule has 21 heavy (non-hydrogen) atoms. The molecule has 0 aromatic carbocycles. The van der Waals surface area contributed by atoms with Crippen molar-refractivity contribution in [2.75, 3.05) is 7.05 Å². The Morgan fingerprint density at radius 1 is 1.43 bits per heavy atom. The molecule has 0 aromatic rings. The molecule has 1 fully saturated rings. The highest BCUT2D eigenvalue weighted by molar-refractivity contribution is 5.83. The number of nitrogens with zero attached hydrogens (tertiary/aromatic N) is 2. The molecule has 0 spiro atoms. The fraction of sp³-hybridized carbons (Fsp3) is 0.846. The zero-order chi connectivity index (χ0) is 16.2. The van der Waals surface area contributed by atoms with Crippen molar-refractivity contribution in [3.05, 3.63) is 0 Å². The van der Waals surface area contributed by atoms with E-state index in [9.17, 15) is 18.0 Å². The van der Waals surface area contributed by atoms with Gasteiger partial charge >= 0.3 is 6.18 Å². The molecule has 1 aliphatic carbocycles. The maximum absolute atomic E-state index is 13.0. The van der Waals surface area contributed by atoms with E-state index in [1.807, 2.05) is 0 Å². The van der Waals surface area contributed by atoms with Gasteiger partial charge in [-0.2, -0.15) is 13.2 Å². The summed E-state index contributed by atoms with van der Waals surface area (Å²) < 4.78 is 39.1. The van der Waals surface area contributed by atoms with E-state index in [2.05, 4.69) is 5.16 Å². The zero-order valence-corrected chi connectivity index (χ0v) is 12.2. The molecule has 8 heteroatoms. The fourth-order valence-corrected chi connectivity index (χ4v) is 2.78. The minimum atomic E-state index is -4.35. The predicted molar refractivity (Wildman–Crippen MR) is 71.8 cm³/mol. The number of hydrogen-bond acceptors (Lipinski definition) is 3. The highest BCUT2D eigenvalue weighted by atomic mass is 19.4. The Balaban J connectivity index is 2.79. The third kappa shape index (κ3) is 4.50. The van der Waals surface area contributed by atoms with Gasteiger partial charge in [0.25, 0.3) is 0 Å². The Hall–Kier alpha value is -1.47. The number of rotatable bonds is 4. The number of nitrogens with two attached hydrogens (primary N) is 1. The molecule has 0 radical (unpaired) electrons. The molecule has 5 nitrogen and oxygen atoms in total. The van der Waals surface area contributed by atoms with Crippen LogP contribution in [0.25, 0.3) is 0 Å². The second-order valence-electron chi connectivity index (χ2n) is 5.63. The van der Waals surface area contributed by atoms with Crippen LogP contribution in [0.1, 0.15) is 39.0 Å². The molecular formula is C13H22F3N3O2. The first kappa shape index (κ1) is 17.6. The van der Waals surface area contributed by atoms with E-state index >= 15 is 0 Å². The summed E-state index contributed by atoms with van der Waals surface area (Å²) in [5.41, 5.74) is 5.37. The topological polar surface area (TPSA) is 78.9 Å². The standard InChI is InChI=1S/C13H22F3N3O2/c1-8(7-11(17)18-21)19(2)12(20)9-5-3-4-6-10(9)13(14,15)16/h8-10,21H,3-7H2,1-2H3,(H2,17,18). The number of amidine groups is 1. The lowest BCUT2D eigenvalue weighted by Gasteiger charge is -2.36. The first-order valence-electron chi connectivity index (χ1n) is 6.98. The quantitative estimate of drug-likeness (QED) is 0.362. The monoisotopic (exact) mass is 309 g/mol. The van der Waals surface area contributed by atoms with E-state index in [1.54, 1.807) is 6.92 Å². The van der Waals surface area contributed by atoms with Gasteiger partial charge in [-0.1, -0.05) is 18.0 Å². The maximum Gasteiger partial charge on any atom is 0.392 e. The molecular weight excluding hydrogens is 287 g/mol. The fourth-order valence-electron chi connectivity index (χ4n) is 2.78. The Kier molecular flexibility index (Phi) is 5.86. The number of carbonyl (C=O) groups excluding carboxylic acids is 1. The molecule has 1 aliphatic rings. The highest BCUT2D eigenvalue weighted by Gasteiger charge is 2.48. The number of oxime groups is 1. The Labute approximate surface area is 122 Å². The van der Waals surface area contributed by atoms with Crippen molar-refractivity contribution in [3.8, 4) is 0 Å². The number of carbonyl (C=O) groups is 1. The van der Waals surface area contributed by atoms with Crippen LogP contribution in [0.3, 0.4) is 0 Å².